The third-order valence-electron chi connectivity index (χ3n) is 11.8. The third kappa shape index (κ3) is 4.10. The minimum absolute atomic E-state index is 0.0581. The lowest BCUT2D eigenvalue weighted by atomic mass is 9.44. The summed E-state index contributed by atoms with van der Waals surface area (Å²) >= 11 is 0. The van der Waals surface area contributed by atoms with Crippen LogP contribution < -0.4 is 0 Å². The molecule has 2 aromatic carbocycles. The first-order valence-electron chi connectivity index (χ1n) is 15.0. The first kappa shape index (κ1) is 24.5. The Hall–Kier alpha value is -1.86. The molecule has 1 heteroatoms. The van der Waals surface area contributed by atoms with Crippen LogP contribution in [0.3, 0.4) is 0 Å². The predicted molar refractivity (Wildman–Crippen MR) is 150 cm³/mol. The van der Waals surface area contributed by atoms with Crippen LogP contribution in [0.2, 0.25) is 0 Å². The van der Waals surface area contributed by atoms with E-state index in [1.807, 2.05) is 0 Å². The Labute approximate surface area is 219 Å². The Morgan fingerprint density at radius 3 is 2.17 bits per heavy atom. The topological polar surface area (TPSA) is 20.2 Å². The van der Waals surface area contributed by atoms with E-state index in [-0.39, 0.29) is 6.10 Å². The quantitative estimate of drug-likeness (QED) is 0.451. The van der Waals surface area contributed by atoms with E-state index in [1.54, 1.807) is 0 Å². The van der Waals surface area contributed by atoms with Gasteiger partial charge in [-0.2, -0.15) is 0 Å². The Kier molecular flexibility index (Phi) is 6.65. The highest BCUT2D eigenvalue weighted by molar-refractivity contribution is 5.79. The first-order valence-corrected chi connectivity index (χ1v) is 15.0. The molecule has 4 saturated carbocycles. The van der Waals surface area contributed by atoms with E-state index in [9.17, 15) is 5.11 Å². The molecular weight excluding hydrogens is 436 g/mol. The van der Waals surface area contributed by atoms with Crippen LogP contribution in [0, 0.1) is 40.4 Å². The van der Waals surface area contributed by atoms with Crippen LogP contribution in [0.25, 0.3) is 5.57 Å². The van der Waals surface area contributed by atoms with Crippen LogP contribution in [0.1, 0.15) is 95.6 Å². The zero-order chi connectivity index (χ0) is 24.8. The van der Waals surface area contributed by atoms with Gasteiger partial charge in [0.05, 0.1) is 6.10 Å². The molecule has 4 aliphatic rings. The van der Waals surface area contributed by atoms with E-state index in [1.165, 1.54) is 74.5 Å². The summed E-state index contributed by atoms with van der Waals surface area (Å²) in [7, 11) is 0. The molecule has 36 heavy (non-hydrogen) atoms. The van der Waals surface area contributed by atoms with Crippen molar-refractivity contribution in [2.24, 2.45) is 40.4 Å². The molecule has 0 aliphatic heterocycles. The first-order chi connectivity index (χ1) is 17.5. The number of benzene rings is 2. The van der Waals surface area contributed by atoms with Crippen LogP contribution in [-0.4, -0.2) is 11.2 Å². The summed E-state index contributed by atoms with van der Waals surface area (Å²) in [6.07, 6.45) is 17.0. The lowest BCUT2D eigenvalue weighted by Crippen LogP contribution is -2.57. The Bertz CT molecular complexity index is 1020. The molecular formula is C35H46O. The fourth-order valence-corrected chi connectivity index (χ4v) is 9.90. The van der Waals surface area contributed by atoms with E-state index in [4.69, 9.17) is 0 Å². The highest BCUT2D eigenvalue weighted by atomic mass is 16.3. The average Bonchev–Trinajstić information content (AvgIpc) is 3.24. The number of hydrogen-bond acceptors (Lipinski definition) is 1. The van der Waals surface area contributed by atoms with Gasteiger partial charge in [0.15, 0.2) is 0 Å². The summed E-state index contributed by atoms with van der Waals surface area (Å²) in [6, 6.07) is 21.8. The van der Waals surface area contributed by atoms with Gasteiger partial charge in [-0.15, -0.1) is 0 Å². The summed E-state index contributed by atoms with van der Waals surface area (Å²) in [5.74, 6) is 3.58. The molecule has 1 nitrogen and oxygen atoms in total. The van der Waals surface area contributed by atoms with Gasteiger partial charge in [0.1, 0.15) is 0 Å². The minimum atomic E-state index is -0.0581. The molecule has 6 rings (SSSR count). The monoisotopic (exact) mass is 482 g/mol. The van der Waals surface area contributed by atoms with Gasteiger partial charge in [0, 0.05) is 0 Å². The maximum atomic E-state index is 11.5. The van der Waals surface area contributed by atoms with Crippen molar-refractivity contribution in [1.29, 1.82) is 0 Å². The van der Waals surface area contributed by atoms with Crippen LogP contribution >= 0.6 is 0 Å². The summed E-state index contributed by atoms with van der Waals surface area (Å²) in [5, 5.41) is 11.5. The van der Waals surface area contributed by atoms with Gasteiger partial charge in [0.2, 0.25) is 0 Å². The van der Waals surface area contributed by atoms with Crippen molar-refractivity contribution in [2.45, 2.75) is 90.6 Å². The molecule has 192 valence electrons. The molecule has 0 spiro atoms. The van der Waals surface area contributed by atoms with Gasteiger partial charge in [0.25, 0.3) is 0 Å². The zero-order valence-electron chi connectivity index (χ0n) is 22.5. The molecule has 0 bridgehead atoms. The number of aliphatic hydroxyl groups is 1. The Balaban J connectivity index is 1.20. The SMILES string of the molecule is CC12CCC3C(C(O)CC4CCCCC43C)C1CCC2CCC=C(c1ccccc1)c1ccccc1. The number of allylic oxidation sites excluding steroid dienone is 1. The maximum Gasteiger partial charge on any atom is 0.0577 e. The molecule has 0 aromatic heterocycles. The third-order valence-corrected chi connectivity index (χ3v) is 11.8. The van der Waals surface area contributed by atoms with Crippen molar-refractivity contribution in [3.63, 3.8) is 0 Å². The second-order valence-corrected chi connectivity index (χ2v) is 13.3. The molecule has 0 heterocycles. The largest absolute Gasteiger partial charge is 0.393 e. The molecule has 0 amide bonds. The summed E-state index contributed by atoms with van der Waals surface area (Å²) in [4.78, 5) is 0. The zero-order valence-corrected chi connectivity index (χ0v) is 22.5. The van der Waals surface area contributed by atoms with Crippen molar-refractivity contribution < 1.29 is 5.11 Å². The van der Waals surface area contributed by atoms with E-state index >= 15 is 0 Å². The molecule has 4 aliphatic carbocycles. The molecule has 8 atom stereocenters. The van der Waals surface area contributed by atoms with Crippen LogP contribution in [0.5, 0.6) is 0 Å². The molecule has 4 fully saturated rings. The van der Waals surface area contributed by atoms with E-state index < -0.39 is 0 Å². The minimum Gasteiger partial charge on any atom is -0.393 e. The van der Waals surface area contributed by atoms with E-state index in [2.05, 4.69) is 80.6 Å². The summed E-state index contributed by atoms with van der Waals surface area (Å²) in [5.41, 5.74) is 4.91. The van der Waals surface area contributed by atoms with Crippen molar-refractivity contribution >= 4 is 5.57 Å². The molecule has 1 N–H and O–H groups in total. The van der Waals surface area contributed by atoms with Crippen molar-refractivity contribution in [3.05, 3.63) is 77.9 Å². The van der Waals surface area contributed by atoms with Gasteiger partial charge in [-0.1, -0.05) is 93.4 Å². The predicted octanol–water partition coefficient (Wildman–Crippen LogP) is 8.92. The fourth-order valence-electron chi connectivity index (χ4n) is 9.90. The van der Waals surface area contributed by atoms with Gasteiger partial charge in [-0.25, -0.2) is 0 Å². The summed E-state index contributed by atoms with van der Waals surface area (Å²) < 4.78 is 0. The number of rotatable bonds is 5. The number of hydrogen-bond donors (Lipinski definition) is 1. The Morgan fingerprint density at radius 1 is 0.806 bits per heavy atom. The van der Waals surface area contributed by atoms with Gasteiger partial charge < -0.3 is 5.11 Å². The van der Waals surface area contributed by atoms with E-state index in [0.717, 1.165) is 36.5 Å². The number of fused-ring (bicyclic) bond motifs is 5. The lowest BCUT2D eigenvalue weighted by Gasteiger charge is -2.62. The second-order valence-electron chi connectivity index (χ2n) is 13.3. The standard InChI is InChI=1S/C35H46O/c1-34-22-10-9-16-28(34)24-32(36)33-30-20-19-27(35(30,2)23-21-31(33)34)17-11-18-29(25-12-5-3-6-13-25)26-14-7-4-8-15-26/h3-8,12-15,18,27-28,30-33,36H,9-11,16-17,19-24H2,1-2H3. The molecule has 2 aromatic rings. The smallest absolute Gasteiger partial charge is 0.0577 e. The van der Waals surface area contributed by atoms with Crippen LogP contribution in [-0.2, 0) is 0 Å². The summed E-state index contributed by atoms with van der Waals surface area (Å²) in [6.45, 7) is 5.24. The lowest BCUT2D eigenvalue weighted by molar-refractivity contribution is -0.162. The van der Waals surface area contributed by atoms with Gasteiger partial charge >= 0.3 is 0 Å². The highest BCUT2D eigenvalue weighted by Gasteiger charge is 2.61. The fraction of sp³-hybridized carbons (Fsp3) is 0.600. The van der Waals surface area contributed by atoms with E-state index in [0.29, 0.717) is 16.7 Å². The van der Waals surface area contributed by atoms with Crippen LogP contribution in [0.4, 0.5) is 0 Å². The molecule has 0 radical (unpaired) electrons. The highest BCUT2D eigenvalue weighted by Crippen LogP contribution is 2.67. The second kappa shape index (κ2) is 9.79. The molecule has 0 saturated heterocycles. The average molecular weight is 483 g/mol. The maximum absolute atomic E-state index is 11.5. The normalized spacial score (nSPS) is 39.5. The van der Waals surface area contributed by atoms with Gasteiger partial charge in [-0.3, -0.25) is 0 Å². The number of aliphatic hydroxyl groups excluding tert-OH is 1. The van der Waals surface area contributed by atoms with Crippen molar-refractivity contribution in [2.75, 3.05) is 0 Å². The molecule has 8 unspecified atom stereocenters. The van der Waals surface area contributed by atoms with Crippen molar-refractivity contribution in [1.82, 2.24) is 0 Å². The Morgan fingerprint density at radius 2 is 1.47 bits per heavy atom. The van der Waals surface area contributed by atoms with Crippen molar-refractivity contribution in [3.8, 4) is 0 Å². The van der Waals surface area contributed by atoms with Gasteiger partial charge in [-0.05, 0) is 115 Å². The van der Waals surface area contributed by atoms with Crippen LogP contribution in [0.15, 0.2) is 66.7 Å².